The minimum Gasteiger partial charge on any atom is -0.377 e. The first kappa shape index (κ1) is 16.5. The Morgan fingerprint density at radius 2 is 2.13 bits per heavy atom. The Hall–Kier alpha value is -1.33. The van der Waals surface area contributed by atoms with Crippen molar-refractivity contribution in [1.82, 2.24) is 4.90 Å². The van der Waals surface area contributed by atoms with E-state index < -0.39 is 5.38 Å². The Kier molecular flexibility index (Phi) is 4.52. The van der Waals surface area contributed by atoms with Crippen molar-refractivity contribution in [3.8, 4) is 0 Å². The lowest BCUT2D eigenvalue weighted by molar-refractivity contribution is -0.134. The van der Waals surface area contributed by atoms with Crippen LogP contribution in [-0.4, -0.2) is 54.6 Å². The van der Waals surface area contributed by atoms with Crippen molar-refractivity contribution in [3.63, 3.8) is 0 Å². The summed E-state index contributed by atoms with van der Waals surface area (Å²) in [5.41, 5.74) is 0.721. The van der Waals surface area contributed by atoms with Crippen molar-refractivity contribution in [2.75, 3.05) is 31.6 Å². The molecule has 2 aliphatic heterocycles. The molecule has 2 saturated heterocycles. The first-order valence-electron chi connectivity index (χ1n) is 7.97. The van der Waals surface area contributed by atoms with Crippen molar-refractivity contribution in [1.29, 1.82) is 0 Å². The van der Waals surface area contributed by atoms with Crippen molar-refractivity contribution in [2.45, 2.75) is 36.8 Å². The number of methoxy groups -OCH3 is 1. The van der Waals surface area contributed by atoms with Gasteiger partial charge in [-0.15, -0.1) is 11.6 Å². The Morgan fingerprint density at radius 3 is 2.70 bits per heavy atom. The number of hydrogen-bond donors (Lipinski definition) is 0. The van der Waals surface area contributed by atoms with Crippen LogP contribution in [0.15, 0.2) is 24.3 Å². The van der Waals surface area contributed by atoms with Gasteiger partial charge in [-0.25, -0.2) is 4.39 Å². The maximum absolute atomic E-state index is 13.6. The van der Waals surface area contributed by atoms with E-state index in [0.29, 0.717) is 13.1 Å². The fourth-order valence-electron chi connectivity index (χ4n) is 3.84. The van der Waals surface area contributed by atoms with Crippen LogP contribution in [0.5, 0.6) is 0 Å². The summed E-state index contributed by atoms with van der Waals surface area (Å²) in [5, 5.41) is -0.497. The van der Waals surface area contributed by atoms with Gasteiger partial charge in [0.1, 0.15) is 11.2 Å². The third-order valence-corrected chi connectivity index (χ3v) is 5.36. The van der Waals surface area contributed by atoms with Gasteiger partial charge in [0.2, 0.25) is 5.91 Å². The molecule has 1 aromatic carbocycles. The van der Waals surface area contributed by atoms with E-state index in [1.807, 2.05) is 11.0 Å². The summed E-state index contributed by atoms with van der Waals surface area (Å²) >= 11 is 5.91. The van der Waals surface area contributed by atoms with Crippen LogP contribution >= 0.6 is 11.6 Å². The number of anilines is 1. The van der Waals surface area contributed by atoms with E-state index in [2.05, 4.69) is 4.90 Å². The zero-order chi connectivity index (χ0) is 16.6. The second kappa shape index (κ2) is 6.29. The van der Waals surface area contributed by atoms with Crippen molar-refractivity contribution in [3.05, 3.63) is 30.1 Å². The Labute approximate surface area is 141 Å². The second-order valence-electron chi connectivity index (χ2n) is 6.36. The molecule has 0 N–H and O–H groups in total. The second-order valence-corrected chi connectivity index (χ2v) is 7.01. The van der Waals surface area contributed by atoms with E-state index in [0.717, 1.165) is 25.1 Å². The van der Waals surface area contributed by atoms with E-state index in [1.54, 1.807) is 26.2 Å². The highest BCUT2D eigenvalue weighted by molar-refractivity contribution is 6.30. The van der Waals surface area contributed by atoms with Crippen molar-refractivity contribution in [2.24, 2.45) is 0 Å². The van der Waals surface area contributed by atoms with Gasteiger partial charge in [0.05, 0.1) is 11.6 Å². The molecule has 0 aliphatic carbocycles. The summed E-state index contributed by atoms with van der Waals surface area (Å²) < 4.78 is 19.2. The maximum Gasteiger partial charge on any atom is 0.240 e. The number of hydrogen-bond acceptors (Lipinski definition) is 3. The van der Waals surface area contributed by atoms with E-state index in [4.69, 9.17) is 16.3 Å². The van der Waals surface area contributed by atoms with Gasteiger partial charge in [-0.2, -0.15) is 0 Å². The molecule has 126 valence electrons. The standard InChI is InChI=1S/C17H22ClFN2O2/c1-12(18)16(22)20-8-6-17(7-9-20)15(23-2)11-21(17)14-5-3-4-13(19)10-14/h3-5,10,12,15H,6-9,11H2,1-2H3. The molecule has 0 bridgehead atoms. The van der Waals surface area contributed by atoms with Gasteiger partial charge in [0.15, 0.2) is 0 Å². The van der Waals surface area contributed by atoms with E-state index in [-0.39, 0.29) is 23.4 Å². The fourth-order valence-corrected chi connectivity index (χ4v) is 3.98. The number of carbonyl (C=O) groups excluding carboxylic acids is 1. The average molecular weight is 341 g/mol. The molecule has 1 amide bonds. The summed E-state index contributed by atoms with van der Waals surface area (Å²) in [5.74, 6) is -0.255. The molecule has 4 nitrogen and oxygen atoms in total. The minimum atomic E-state index is -0.497. The van der Waals surface area contributed by atoms with Crippen LogP contribution in [0.1, 0.15) is 19.8 Å². The monoisotopic (exact) mass is 340 g/mol. The molecular weight excluding hydrogens is 319 g/mol. The first-order chi connectivity index (χ1) is 11.0. The van der Waals surface area contributed by atoms with Crippen LogP contribution < -0.4 is 4.90 Å². The molecule has 2 aliphatic rings. The maximum atomic E-state index is 13.6. The van der Waals surface area contributed by atoms with Gasteiger partial charge in [0.25, 0.3) is 0 Å². The molecule has 2 atom stereocenters. The molecule has 1 aromatic rings. The summed E-state index contributed by atoms with van der Waals surface area (Å²) in [6, 6.07) is 6.67. The van der Waals surface area contributed by atoms with Gasteiger partial charge >= 0.3 is 0 Å². The van der Waals surface area contributed by atoms with Crippen molar-refractivity contribution < 1.29 is 13.9 Å². The first-order valence-corrected chi connectivity index (χ1v) is 8.40. The number of likely N-dealkylation sites (tertiary alicyclic amines) is 1. The number of benzene rings is 1. The number of nitrogens with zero attached hydrogens (tertiary/aromatic N) is 2. The van der Waals surface area contributed by atoms with Crippen LogP contribution in [0.4, 0.5) is 10.1 Å². The van der Waals surface area contributed by atoms with E-state index >= 15 is 0 Å². The SMILES string of the molecule is COC1CN(c2cccc(F)c2)C12CCN(C(=O)C(C)Cl)CC2. The lowest BCUT2D eigenvalue weighted by Gasteiger charge is -2.61. The van der Waals surface area contributed by atoms with Crippen LogP contribution in [0.25, 0.3) is 0 Å². The highest BCUT2D eigenvalue weighted by Crippen LogP contribution is 2.44. The molecule has 3 rings (SSSR count). The lowest BCUT2D eigenvalue weighted by Crippen LogP contribution is -2.74. The van der Waals surface area contributed by atoms with Crippen LogP contribution in [0, 0.1) is 5.82 Å². The number of amides is 1. The molecule has 6 heteroatoms. The molecule has 0 aromatic heterocycles. The van der Waals surface area contributed by atoms with Gasteiger partial charge in [0, 0.05) is 32.4 Å². The summed E-state index contributed by atoms with van der Waals surface area (Å²) in [4.78, 5) is 16.1. The number of ether oxygens (including phenoxy) is 1. The predicted octanol–water partition coefficient (Wildman–Crippen LogP) is 2.65. The highest BCUT2D eigenvalue weighted by atomic mass is 35.5. The van der Waals surface area contributed by atoms with Gasteiger partial charge in [-0.3, -0.25) is 4.79 Å². The zero-order valence-corrected chi connectivity index (χ0v) is 14.2. The quantitative estimate of drug-likeness (QED) is 0.793. The number of alkyl halides is 1. The number of rotatable bonds is 3. The number of halogens is 2. The largest absolute Gasteiger partial charge is 0.377 e. The van der Waals surface area contributed by atoms with Gasteiger partial charge in [-0.1, -0.05) is 6.07 Å². The minimum absolute atomic E-state index is 0.0212. The van der Waals surface area contributed by atoms with E-state index in [9.17, 15) is 9.18 Å². The number of carbonyl (C=O) groups is 1. The third-order valence-electron chi connectivity index (χ3n) is 5.17. The highest BCUT2D eigenvalue weighted by Gasteiger charge is 2.55. The lowest BCUT2D eigenvalue weighted by atomic mass is 9.73. The average Bonchev–Trinajstić information content (AvgIpc) is 2.53. The number of piperidine rings is 1. The molecule has 2 fully saturated rings. The Bertz CT molecular complexity index is 588. The Balaban J connectivity index is 1.77. The smallest absolute Gasteiger partial charge is 0.240 e. The third kappa shape index (κ3) is 2.81. The summed E-state index contributed by atoms with van der Waals surface area (Å²) in [6.45, 7) is 3.76. The van der Waals surface area contributed by atoms with Crippen LogP contribution in [-0.2, 0) is 9.53 Å². The molecule has 0 saturated carbocycles. The van der Waals surface area contributed by atoms with Crippen molar-refractivity contribution >= 4 is 23.2 Å². The molecule has 2 heterocycles. The van der Waals surface area contributed by atoms with E-state index in [1.165, 1.54) is 6.07 Å². The Morgan fingerprint density at radius 1 is 1.43 bits per heavy atom. The normalized spacial score (nSPS) is 24.4. The van der Waals surface area contributed by atoms with Gasteiger partial charge < -0.3 is 14.5 Å². The predicted molar refractivity (Wildman–Crippen MR) is 88.4 cm³/mol. The molecular formula is C17H22ClFN2O2. The van der Waals surface area contributed by atoms with Crippen LogP contribution in [0.2, 0.25) is 0 Å². The molecule has 23 heavy (non-hydrogen) atoms. The summed E-state index contributed by atoms with van der Waals surface area (Å²) in [6.07, 6.45) is 1.71. The molecule has 1 spiro atoms. The fraction of sp³-hybridized carbons (Fsp3) is 0.588. The molecule has 0 radical (unpaired) electrons. The van der Waals surface area contributed by atoms with Crippen LogP contribution in [0.3, 0.4) is 0 Å². The topological polar surface area (TPSA) is 32.8 Å². The zero-order valence-electron chi connectivity index (χ0n) is 13.5. The summed E-state index contributed by atoms with van der Waals surface area (Å²) in [7, 11) is 1.72. The van der Waals surface area contributed by atoms with Gasteiger partial charge in [-0.05, 0) is 38.0 Å². The molecule has 2 unspecified atom stereocenters.